The second-order valence-corrected chi connectivity index (χ2v) is 3.72. The summed E-state index contributed by atoms with van der Waals surface area (Å²) in [7, 11) is 1.59. The Balaban J connectivity index is 2.39. The minimum atomic E-state index is -1.01. The smallest absolute Gasteiger partial charge is 0.228 e. The largest absolute Gasteiger partial charge is 0.438 e. The van der Waals surface area contributed by atoms with Gasteiger partial charge < -0.3 is 4.74 Å². The zero-order valence-electron chi connectivity index (χ0n) is 9.78. The fourth-order valence-corrected chi connectivity index (χ4v) is 1.56. The van der Waals surface area contributed by atoms with Crippen LogP contribution in [0.3, 0.4) is 0 Å². The lowest BCUT2D eigenvalue weighted by Crippen LogP contribution is -1.97. The van der Waals surface area contributed by atoms with E-state index in [0.717, 1.165) is 12.1 Å². The van der Waals surface area contributed by atoms with Crippen LogP contribution in [0.1, 0.15) is 16.1 Å². The number of hydrogen-bond donors (Lipinski definition) is 0. The Bertz CT molecular complexity index is 608. The van der Waals surface area contributed by atoms with Crippen molar-refractivity contribution >= 4 is 6.29 Å². The van der Waals surface area contributed by atoms with E-state index in [1.807, 2.05) is 0 Å². The molecular weight excluding hydrogens is 242 g/mol. The van der Waals surface area contributed by atoms with E-state index in [1.165, 1.54) is 10.7 Å². The number of benzene rings is 1. The molecule has 2 rings (SSSR count). The maximum Gasteiger partial charge on any atom is 0.228 e. The highest BCUT2D eigenvalue weighted by Gasteiger charge is 2.15. The van der Waals surface area contributed by atoms with Gasteiger partial charge in [-0.1, -0.05) is 0 Å². The van der Waals surface area contributed by atoms with Crippen molar-refractivity contribution in [1.82, 2.24) is 9.78 Å². The summed E-state index contributed by atoms with van der Waals surface area (Å²) >= 11 is 0. The Hall–Kier alpha value is -2.24. The molecule has 4 nitrogen and oxygen atoms in total. The number of carbonyl (C=O) groups is 1. The third-order valence-electron chi connectivity index (χ3n) is 2.44. The maximum absolute atomic E-state index is 13.0. The fourth-order valence-electron chi connectivity index (χ4n) is 1.56. The van der Waals surface area contributed by atoms with Crippen molar-refractivity contribution in [2.24, 2.45) is 7.05 Å². The molecule has 0 atom stereocenters. The summed E-state index contributed by atoms with van der Waals surface area (Å²) in [6.45, 7) is 1.65. The molecule has 0 aliphatic rings. The lowest BCUT2D eigenvalue weighted by molar-refractivity contribution is 0.112. The molecule has 18 heavy (non-hydrogen) atoms. The number of carbonyl (C=O) groups excluding carboxylic acids is 1. The van der Waals surface area contributed by atoms with Gasteiger partial charge in [0.05, 0.1) is 11.3 Å². The van der Waals surface area contributed by atoms with E-state index in [0.29, 0.717) is 12.0 Å². The number of ether oxygens (including phenoxy) is 1. The zero-order chi connectivity index (χ0) is 13.3. The Morgan fingerprint density at radius 1 is 1.33 bits per heavy atom. The van der Waals surface area contributed by atoms with E-state index in [9.17, 15) is 13.6 Å². The summed E-state index contributed by atoms with van der Waals surface area (Å²) in [6.07, 6.45) is 0.609. The highest BCUT2D eigenvalue weighted by atomic mass is 19.2. The number of aryl methyl sites for hydroxylation is 2. The second kappa shape index (κ2) is 4.56. The van der Waals surface area contributed by atoms with Gasteiger partial charge in [0, 0.05) is 13.1 Å². The summed E-state index contributed by atoms with van der Waals surface area (Å²) in [5.41, 5.74) is 0.785. The quantitative estimate of drug-likeness (QED) is 0.789. The summed E-state index contributed by atoms with van der Waals surface area (Å²) in [6, 6.07) is 3.13. The van der Waals surface area contributed by atoms with Crippen molar-refractivity contribution in [1.29, 1.82) is 0 Å². The minimum absolute atomic E-state index is 0.0972. The Morgan fingerprint density at radius 2 is 2.06 bits per heavy atom. The van der Waals surface area contributed by atoms with E-state index < -0.39 is 11.6 Å². The van der Waals surface area contributed by atoms with Crippen LogP contribution in [0.4, 0.5) is 8.78 Å². The Morgan fingerprint density at radius 3 is 2.67 bits per heavy atom. The number of rotatable bonds is 3. The Kier molecular flexibility index (Phi) is 3.10. The molecule has 0 radical (unpaired) electrons. The standard InChI is InChI=1S/C12H10F2N2O2/c1-7-9(6-17)12(16(2)15-7)18-8-3-4-10(13)11(14)5-8/h3-6H,1-2H3. The average Bonchev–Trinajstić information content (AvgIpc) is 2.58. The van der Waals surface area contributed by atoms with Crippen LogP contribution >= 0.6 is 0 Å². The number of aromatic nitrogens is 2. The zero-order valence-corrected chi connectivity index (χ0v) is 9.78. The monoisotopic (exact) mass is 252 g/mol. The first-order valence-electron chi connectivity index (χ1n) is 5.14. The molecule has 1 aromatic heterocycles. The van der Waals surface area contributed by atoms with Gasteiger partial charge in [-0.15, -0.1) is 0 Å². The SMILES string of the molecule is Cc1nn(C)c(Oc2ccc(F)c(F)c2)c1C=O. The molecule has 0 saturated heterocycles. The molecule has 0 unspecified atom stereocenters. The number of aldehydes is 1. The van der Waals surface area contributed by atoms with Crippen LogP contribution in [0.5, 0.6) is 11.6 Å². The predicted octanol–water partition coefficient (Wildman–Crippen LogP) is 2.61. The molecule has 0 saturated carbocycles. The van der Waals surface area contributed by atoms with Gasteiger partial charge in [-0.25, -0.2) is 13.5 Å². The number of halogens is 2. The molecule has 0 aliphatic heterocycles. The van der Waals surface area contributed by atoms with Crippen LogP contribution in [-0.4, -0.2) is 16.1 Å². The van der Waals surface area contributed by atoms with Gasteiger partial charge in [-0.05, 0) is 19.1 Å². The first-order chi connectivity index (χ1) is 8.52. The van der Waals surface area contributed by atoms with E-state index in [1.54, 1.807) is 14.0 Å². The van der Waals surface area contributed by atoms with Crippen LogP contribution in [-0.2, 0) is 7.05 Å². The molecule has 2 aromatic rings. The van der Waals surface area contributed by atoms with Crippen LogP contribution in [0.25, 0.3) is 0 Å². The molecule has 0 bridgehead atoms. The number of nitrogens with zero attached hydrogens (tertiary/aromatic N) is 2. The van der Waals surface area contributed by atoms with Gasteiger partial charge >= 0.3 is 0 Å². The molecule has 1 aromatic carbocycles. The van der Waals surface area contributed by atoms with E-state index in [4.69, 9.17) is 4.74 Å². The van der Waals surface area contributed by atoms with Crippen LogP contribution < -0.4 is 4.74 Å². The van der Waals surface area contributed by atoms with Gasteiger partial charge in [-0.2, -0.15) is 5.10 Å². The van der Waals surface area contributed by atoms with Gasteiger partial charge in [0.25, 0.3) is 0 Å². The van der Waals surface area contributed by atoms with Gasteiger partial charge in [0.1, 0.15) is 5.75 Å². The van der Waals surface area contributed by atoms with Crippen molar-refractivity contribution in [3.8, 4) is 11.6 Å². The normalized spacial score (nSPS) is 10.4. The summed E-state index contributed by atoms with van der Waals surface area (Å²) in [5, 5.41) is 4.01. The molecule has 0 amide bonds. The predicted molar refractivity (Wildman–Crippen MR) is 59.8 cm³/mol. The molecule has 0 aliphatic carbocycles. The summed E-state index contributed by atoms with van der Waals surface area (Å²) in [4.78, 5) is 10.9. The molecular formula is C12H10F2N2O2. The van der Waals surface area contributed by atoms with Crippen molar-refractivity contribution in [2.75, 3.05) is 0 Å². The molecule has 0 spiro atoms. The van der Waals surface area contributed by atoms with E-state index in [-0.39, 0.29) is 17.2 Å². The fraction of sp³-hybridized carbons (Fsp3) is 0.167. The first kappa shape index (κ1) is 12.2. The second-order valence-electron chi connectivity index (χ2n) is 3.72. The van der Waals surface area contributed by atoms with Gasteiger partial charge in [0.15, 0.2) is 17.9 Å². The van der Waals surface area contributed by atoms with Crippen molar-refractivity contribution in [3.63, 3.8) is 0 Å². The number of hydrogen-bond acceptors (Lipinski definition) is 3. The van der Waals surface area contributed by atoms with Crippen LogP contribution in [0.15, 0.2) is 18.2 Å². The van der Waals surface area contributed by atoms with Crippen molar-refractivity contribution in [2.45, 2.75) is 6.92 Å². The molecule has 94 valence electrons. The van der Waals surface area contributed by atoms with E-state index >= 15 is 0 Å². The van der Waals surface area contributed by atoms with Gasteiger partial charge in [0.2, 0.25) is 5.88 Å². The highest BCUT2D eigenvalue weighted by molar-refractivity contribution is 5.80. The van der Waals surface area contributed by atoms with Crippen molar-refractivity contribution < 1.29 is 18.3 Å². The maximum atomic E-state index is 13.0. The lowest BCUT2D eigenvalue weighted by Gasteiger charge is -2.06. The van der Waals surface area contributed by atoms with Crippen LogP contribution in [0, 0.1) is 18.6 Å². The molecule has 1 heterocycles. The van der Waals surface area contributed by atoms with E-state index in [2.05, 4.69) is 5.10 Å². The molecule has 6 heteroatoms. The summed E-state index contributed by atoms with van der Waals surface area (Å²) < 4.78 is 32.5. The third-order valence-corrected chi connectivity index (χ3v) is 2.44. The third kappa shape index (κ3) is 2.09. The minimum Gasteiger partial charge on any atom is -0.438 e. The topological polar surface area (TPSA) is 44.1 Å². The summed E-state index contributed by atoms with van der Waals surface area (Å²) in [5.74, 6) is -1.69. The van der Waals surface area contributed by atoms with Crippen molar-refractivity contribution in [3.05, 3.63) is 41.1 Å². The lowest BCUT2D eigenvalue weighted by atomic mass is 10.3. The molecule has 0 N–H and O–H groups in total. The molecule has 0 fully saturated rings. The average molecular weight is 252 g/mol. The Labute approximate surface area is 102 Å². The van der Waals surface area contributed by atoms with Gasteiger partial charge in [-0.3, -0.25) is 4.79 Å². The van der Waals surface area contributed by atoms with Crippen LogP contribution in [0.2, 0.25) is 0 Å². The first-order valence-corrected chi connectivity index (χ1v) is 5.14. The highest BCUT2D eigenvalue weighted by Crippen LogP contribution is 2.26.